The number of benzene rings is 1. The minimum absolute atomic E-state index is 0.238. The maximum Gasteiger partial charge on any atom is 0.231 e. The maximum atomic E-state index is 12.8. The zero-order valence-corrected chi connectivity index (χ0v) is 14.7. The summed E-state index contributed by atoms with van der Waals surface area (Å²) in [6, 6.07) is 6.34. The summed E-state index contributed by atoms with van der Waals surface area (Å²) in [5, 5.41) is 3.08. The minimum atomic E-state index is 0.238. The van der Waals surface area contributed by atoms with Crippen molar-refractivity contribution in [2.75, 3.05) is 20.4 Å². The number of nitrogens with zero attached hydrogens (tertiary/aromatic N) is 1. The van der Waals surface area contributed by atoms with Gasteiger partial charge in [-0.15, -0.1) is 0 Å². The van der Waals surface area contributed by atoms with E-state index >= 15 is 0 Å². The fourth-order valence-corrected chi connectivity index (χ4v) is 3.59. The van der Waals surface area contributed by atoms with Crippen molar-refractivity contribution in [1.82, 2.24) is 10.2 Å². The largest absolute Gasteiger partial charge is 0.454 e. The van der Waals surface area contributed by atoms with Crippen LogP contribution in [0.5, 0.6) is 11.5 Å². The monoisotopic (exact) mass is 332 g/mol. The molecule has 0 aromatic heterocycles. The number of rotatable bonds is 6. The highest BCUT2D eigenvalue weighted by molar-refractivity contribution is 5.76. The fraction of sp³-hybridized carbons (Fsp3) is 0.632. The number of hydrogen-bond acceptors (Lipinski definition) is 4. The van der Waals surface area contributed by atoms with Gasteiger partial charge in [0.15, 0.2) is 11.5 Å². The first-order valence-corrected chi connectivity index (χ1v) is 9.00. The highest BCUT2D eigenvalue weighted by Crippen LogP contribution is 2.34. The SMILES string of the molecule is CNCCC(=O)N(Cc1ccc2c(c1)OCO2)C1CCC(C)CC1. The second-order valence-corrected chi connectivity index (χ2v) is 6.98. The van der Waals surface area contributed by atoms with Gasteiger partial charge in [-0.25, -0.2) is 0 Å². The van der Waals surface area contributed by atoms with Crippen LogP contribution in [0.2, 0.25) is 0 Å². The van der Waals surface area contributed by atoms with E-state index in [1.165, 1.54) is 12.8 Å². The Morgan fingerprint density at radius 1 is 1.21 bits per heavy atom. The quantitative estimate of drug-likeness (QED) is 0.870. The maximum absolute atomic E-state index is 12.8. The number of nitrogens with one attached hydrogen (secondary N) is 1. The van der Waals surface area contributed by atoms with Gasteiger partial charge in [-0.3, -0.25) is 4.79 Å². The summed E-state index contributed by atoms with van der Waals surface area (Å²) >= 11 is 0. The average molecular weight is 332 g/mol. The average Bonchev–Trinajstić information content (AvgIpc) is 3.06. The summed E-state index contributed by atoms with van der Waals surface area (Å²) in [5.41, 5.74) is 1.11. The molecule has 1 saturated carbocycles. The lowest BCUT2D eigenvalue weighted by molar-refractivity contribution is -0.135. The lowest BCUT2D eigenvalue weighted by Gasteiger charge is -2.36. The van der Waals surface area contributed by atoms with Gasteiger partial charge in [0.1, 0.15) is 0 Å². The third-order valence-electron chi connectivity index (χ3n) is 5.13. The summed E-state index contributed by atoms with van der Waals surface area (Å²) in [4.78, 5) is 14.8. The number of amides is 1. The molecule has 5 heteroatoms. The molecular formula is C19H28N2O3. The van der Waals surface area contributed by atoms with Crippen LogP contribution in [0.3, 0.4) is 0 Å². The molecule has 3 rings (SSSR count). The molecule has 1 fully saturated rings. The van der Waals surface area contributed by atoms with Crippen LogP contribution in [-0.4, -0.2) is 37.2 Å². The van der Waals surface area contributed by atoms with E-state index in [2.05, 4.69) is 17.1 Å². The number of fused-ring (bicyclic) bond motifs is 1. The molecule has 1 aromatic carbocycles. The second kappa shape index (κ2) is 7.88. The first-order chi connectivity index (χ1) is 11.7. The van der Waals surface area contributed by atoms with Gasteiger partial charge in [-0.05, 0) is 56.3 Å². The van der Waals surface area contributed by atoms with Crippen molar-refractivity contribution in [1.29, 1.82) is 0 Å². The van der Waals surface area contributed by atoms with Gasteiger partial charge in [0.05, 0.1) is 0 Å². The van der Waals surface area contributed by atoms with Crippen molar-refractivity contribution in [3.05, 3.63) is 23.8 Å². The smallest absolute Gasteiger partial charge is 0.231 e. The Morgan fingerprint density at radius 3 is 2.71 bits per heavy atom. The molecule has 0 bridgehead atoms. The molecule has 0 spiro atoms. The molecule has 1 aliphatic heterocycles. The van der Waals surface area contributed by atoms with Crippen molar-refractivity contribution in [2.24, 2.45) is 5.92 Å². The van der Waals surface area contributed by atoms with Gasteiger partial charge in [0, 0.05) is 25.6 Å². The molecule has 0 saturated heterocycles. The van der Waals surface area contributed by atoms with E-state index in [9.17, 15) is 4.79 Å². The molecule has 132 valence electrons. The fourth-order valence-electron chi connectivity index (χ4n) is 3.59. The third-order valence-corrected chi connectivity index (χ3v) is 5.13. The van der Waals surface area contributed by atoms with E-state index in [0.717, 1.165) is 42.4 Å². The van der Waals surface area contributed by atoms with Crippen molar-refractivity contribution in [3.63, 3.8) is 0 Å². The Bertz CT molecular complexity index is 568. The Labute approximate surface area is 144 Å². The zero-order valence-electron chi connectivity index (χ0n) is 14.7. The molecule has 0 unspecified atom stereocenters. The van der Waals surface area contributed by atoms with Crippen LogP contribution in [-0.2, 0) is 11.3 Å². The van der Waals surface area contributed by atoms with Crippen molar-refractivity contribution >= 4 is 5.91 Å². The van der Waals surface area contributed by atoms with Crippen LogP contribution in [0.15, 0.2) is 18.2 Å². The van der Waals surface area contributed by atoms with Crippen LogP contribution >= 0.6 is 0 Å². The normalized spacial score (nSPS) is 22.4. The van der Waals surface area contributed by atoms with Gasteiger partial charge >= 0.3 is 0 Å². The Morgan fingerprint density at radius 2 is 1.96 bits per heavy atom. The molecule has 0 radical (unpaired) electrons. The van der Waals surface area contributed by atoms with Crippen molar-refractivity contribution in [2.45, 2.75) is 51.6 Å². The first kappa shape index (κ1) is 17.1. The van der Waals surface area contributed by atoms with Crippen molar-refractivity contribution in [3.8, 4) is 11.5 Å². The summed E-state index contributed by atoms with van der Waals surface area (Å²) in [7, 11) is 1.89. The summed E-state index contributed by atoms with van der Waals surface area (Å²) < 4.78 is 10.8. The van der Waals surface area contributed by atoms with E-state index < -0.39 is 0 Å². The lowest BCUT2D eigenvalue weighted by atomic mass is 9.86. The molecule has 24 heavy (non-hydrogen) atoms. The summed E-state index contributed by atoms with van der Waals surface area (Å²) in [5.74, 6) is 2.59. The predicted octanol–water partition coefficient (Wildman–Crippen LogP) is 2.93. The number of hydrogen-bond donors (Lipinski definition) is 1. The van der Waals surface area contributed by atoms with E-state index in [-0.39, 0.29) is 12.7 Å². The Hall–Kier alpha value is -1.75. The molecule has 5 nitrogen and oxygen atoms in total. The standard InChI is InChI=1S/C19H28N2O3/c1-14-3-6-16(7-4-14)21(19(22)9-10-20-2)12-15-5-8-17-18(11-15)24-13-23-17/h5,8,11,14,16,20H,3-4,6-7,9-10,12-13H2,1-2H3. The molecular weight excluding hydrogens is 304 g/mol. The van der Waals surface area contributed by atoms with E-state index in [1.54, 1.807) is 0 Å². The van der Waals surface area contributed by atoms with E-state index in [1.807, 2.05) is 25.2 Å². The van der Waals surface area contributed by atoms with Crippen molar-refractivity contribution < 1.29 is 14.3 Å². The molecule has 1 aliphatic carbocycles. The lowest BCUT2D eigenvalue weighted by Crippen LogP contribution is -2.42. The molecule has 1 heterocycles. The number of ether oxygens (including phenoxy) is 2. The minimum Gasteiger partial charge on any atom is -0.454 e. The number of carbonyl (C=O) groups excluding carboxylic acids is 1. The van der Waals surface area contributed by atoms with Crippen LogP contribution in [0.4, 0.5) is 0 Å². The van der Waals surface area contributed by atoms with E-state index in [0.29, 0.717) is 19.0 Å². The highest BCUT2D eigenvalue weighted by atomic mass is 16.7. The highest BCUT2D eigenvalue weighted by Gasteiger charge is 2.27. The summed E-state index contributed by atoms with van der Waals surface area (Å²) in [6.07, 6.45) is 5.18. The molecule has 1 aromatic rings. The van der Waals surface area contributed by atoms with Gasteiger partial charge in [-0.1, -0.05) is 13.0 Å². The zero-order chi connectivity index (χ0) is 16.9. The Kier molecular flexibility index (Phi) is 5.61. The third kappa shape index (κ3) is 4.01. The van der Waals surface area contributed by atoms with Gasteiger partial charge in [0.25, 0.3) is 0 Å². The summed E-state index contributed by atoms with van der Waals surface area (Å²) in [6.45, 7) is 3.96. The Balaban J connectivity index is 1.72. The van der Waals surface area contributed by atoms with Crippen LogP contribution in [0, 0.1) is 5.92 Å². The molecule has 1 amide bonds. The van der Waals surface area contributed by atoms with E-state index in [4.69, 9.17) is 9.47 Å². The number of carbonyl (C=O) groups is 1. The van der Waals surface area contributed by atoms with Gasteiger partial charge in [0.2, 0.25) is 12.7 Å². The second-order valence-electron chi connectivity index (χ2n) is 6.98. The topological polar surface area (TPSA) is 50.8 Å². The molecule has 2 aliphatic rings. The van der Waals surface area contributed by atoms with Crippen LogP contribution in [0.25, 0.3) is 0 Å². The van der Waals surface area contributed by atoms with Gasteiger partial charge in [-0.2, -0.15) is 0 Å². The van der Waals surface area contributed by atoms with Crippen LogP contribution in [0.1, 0.15) is 44.6 Å². The van der Waals surface area contributed by atoms with Crippen LogP contribution < -0.4 is 14.8 Å². The predicted molar refractivity (Wildman–Crippen MR) is 93.1 cm³/mol. The van der Waals surface area contributed by atoms with Gasteiger partial charge < -0.3 is 19.7 Å². The first-order valence-electron chi connectivity index (χ1n) is 9.00. The molecule has 1 N–H and O–H groups in total. The molecule has 0 atom stereocenters.